The predicted molar refractivity (Wildman–Crippen MR) is 170 cm³/mol. The zero-order valence-corrected chi connectivity index (χ0v) is 25.3. The second kappa shape index (κ2) is 13.5. The number of fused-ring (bicyclic) bond motifs is 1. The van der Waals surface area contributed by atoms with E-state index in [9.17, 15) is 14.7 Å². The molecule has 0 radical (unpaired) electrons. The van der Waals surface area contributed by atoms with Crippen LogP contribution in [0, 0.1) is 0 Å². The monoisotopic (exact) mass is 626 g/mol. The number of anilines is 1. The summed E-state index contributed by atoms with van der Waals surface area (Å²) in [6, 6.07) is 25.6. The summed E-state index contributed by atoms with van der Waals surface area (Å²) in [5.74, 6) is -2.02. The first-order valence-electron chi connectivity index (χ1n) is 12.8. The molecule has 5 nitrogen and oxygen atoms in total. The standard InChI is InChI=1S/C18H15Cl4NO3.C14H11N/c1-3-23(4-2)10-7-5-9(6-8-10)17(24)11-12(18(25)26)14(20)16(22)15(21)13(11)19;1-2-6-12(7-3-1)13-10-14-8-4-5-9-15(14)11-13/h5-8H,3-4H2,1-2H3,(H,25,26);1-11H. The first kappa shape index (κ1) is 30.5. The number of hydrogen-bond acceptors (Lipinski definition) is 3. The highest BCUT2D eigenvalue weighted by molar-refractivity contribution is 6.54. The van der Waals surface area contributed by atoms with Crippen molar-refractivity contribution in [2.75, 3.05) is 18.0 Å². The average molecular weight is 628 g/mol. The van der Waals surface area contributed by atoms with Crippen LogP contribution in [0.5, 0.6) is 0 Å². The number of pyridine rings is 1. The lowest BCUT2D eigenvalue weighted by Crippen LogP contribution is -2.21. The van der Waals surface area contributed by atoms with Crippen molar-refractivity contribution in [2.24, 2.45) is 0 Å². The number of carboxylic acids is 1. The number of nitrogens with zero attached hydrogens (tertiary/aromatic N) is 2. The average Bonchev–Trinajstić information content (AvgIpc) is 3.44. The van der Waals surface area contributed by atoms with E-state index in [0.29, 0.717) is 0 Å². The van der Waals surface area contributed by atoms with E-state index in [-0.39, 0.29) is 31.2 Å². The summed E-state index contributed by atoms with van der Waals surface area (Å²) < 4.78 is 2.14. The van der Waals surface area contributed by atoms with Gasteiger partial charge in [-0.2, -0.15) is 0 Å². The van der Waals surface area contributed by atoms with Crippen LogP contribution < -0.4 is 4.90 Å². The SMILES string of the molecule is CCN(CC)c1ccc(C(=O)c2c(Cl)c(Cl)c(Cl)c(Cl)c2C(=O)O)cc1.c1ccc(-c2cc3ccccn3c2)cc1. The van der Waals surface area contributed by atoms with Crippen molar-refractivity contribution in [3.8, 4) is 11.1 Å². The molecule has 0 bridgehead atoms. The van der Waals surface area contributed by atoms with Gasteiger partial charge in [0.1, 0.15) is 0 Å². The molecule has 0 saturated heterocycles. The van der Waals surface area contributed by atoms with E-state index in [0.717, 1.165) is 18.8 Å². The third-order valence-corrected chi connectivity index (χ3v) is 8.38. The van der Waals surface area contributed by atoms with E-state index in [1.54, 1.807) is 24.3 Å². The third-order valence-electron chi connectivity index (χ3n) is 6.58. The molecule has 41 heavy (non-hydrogen) atoms. The first-order valence-corrected chi connectivity index (χ1v) is 14.3. The minimum Gasteiger partial charge on any atom is -0.478 e. The number of benzene rings is 3. The number of carbonyl (C=O) groups excluding carboxylic acids is 1. The quantitative estimate of drug-likeness (QED) is 0.111. The fraction of sp³-hybridized carbons (Fsp3) is 0.125. The van der Waals surface area contributed by atoms with Crippen molar-refractivity contribution < 1.29 is 14.7 Å². The van der Waals surface area contributed by atoms with E-state index in [2.05, 4.69) is 64.2 Å². The van der Waals surface area contributed by atoms with Crippen LogP contribution in [0.15, 0.2) is 91.3 Å². The van der Waals surface area contributed by atoms with E-state index < -0.39 is 17.3 Å². The van der Waals surface area contributed by atoms with Gasteiger partial charge in [0.25, 0.3) is 0 Å². The summed E-state index contributed by atoms with van der Waals surface area (Å²) >= 11 is 24.0. The number of halogens is 4. The van der Waals surface area contributed by atoms with Crippen molar-refractivity contribution in [1.29, 1.82) is 0 Å². The Hall–Kier alpha value is -3.48. The van der Waals surface area contributed by atoms with Gasteiger partial charge in [0.15, 0.2) is 5.78 Å². The maximum absolute atomic E-state index is 12.9. The number of carbonyl (C=O) groups is 2. The van der Waals surface area contributed by atoms with Crippen LogP contribution in [-0.4, -0.2) is 34.3 Å². The topological polar surface area (TPSA) is 62.0 Å². The van der Waals surface area contributed by atoms with Gasteiger partial charge in [-0.15, -0.1) is 0 Å². The van der Waals surface area contributed by atoms with Crippen LogP contribution in [0.1, 0.15) is 40.1 Å². The number of aromatic nitrogens is 1. The van der Waals surface area contributed by atoms with Crippen LogP contribution in [0.25, 0.3) is 16.6 Å². The molecule has 0 aliphatic carbocycles. The molecule has 3 aromatic carbocycles. The largest absolute Gasteiger partial charge is 0.478 e. The maximum atomic E-state index is 12.9. The highest BCUT2D eigenvalue weighted by Gasteiger charge is 2.29. The second-order valence-electron chi connectivity index (χ2n) is 8.99. The van der Waals surface area contributed by atoms with Gasteiger partial charge in [0.05, 0.1) is 31.2 Å². The van der Waals surface area contributed by atoms with Crippen LogP contribution in [-0.2, 0) is 0 Å². The Bertz CT molecular complexity index is 1660. The Balaban J connectivity index is 0.000000216. The maximum Gasteiger partial charge on any atom is 0.338 e. The van der Waals surface area contributed by atoms with Gasteiger partial charge in [-0.3, -0.25) is 4.79 Å². The van der Waals surface area contributed by atoms with Crippen molar-refractivity contribution >= 4 is 69.4 Å². The van der Waals surface area contributed by atoms with Gasteiger partial charge in [0.2, 0.25) is 0 Å². The number of carboxylic acid groups (broad SMARTS) is 1. The smallest absolute Gasteiger partial charge is 0.338 e. The molecule has 0 aliphatic rings. The molecule has 0 unspecified atom stereocenters. The van der Waals surface area contributed by atoms with E-state index in [4.69, 9.17) is 46.4 Å². The lowest BCUT2D eigenvalue weighted by atomic mass is 9.97. The summed E-state index contributed by atoms with van der Waals surface area (Å²) in [5.41, 5.74) is 4.22. The van der Waals surface area contributed by atoms with Crippen molar-refractivity contribution in [3.63, 3.8) is 0 Å². The minimum atomic E-state index is -1.42. The van der Waals surface area contributed by atoms with E-state index >= 15 is 0 Å². The summed E-state index contributed by atoms with van der Waals surface area (Å²) in [5, 5.41) is 8.53. The molecule has 9 heteroatoms. The normalized spacial score (nSPS) is 10.7. The molecule has 5 aromatic rings. The molecule has 0 atom stereocenters. The van der Waals surface area contributed by atoms with Gasteiger partial charge < -0.3 is 14.4 Å². The number of hydrogen-bond donors (Lipinski definition) is 1. The first-order chi connectivity index (χ1) is 19.7. The fourth-order valence-electron chi connectivity index (χ4n) is 4.45. The van der Waals surface area contributed by atoms with Crippen molar-refractivity contribution in [2.45, 2.75) is 13.8 Å². The molecule has 2 aromatic heterocycles. The van der Waals surface area contributed by atoms with Crippen molar-refractivity contribution in [1.82, 2.24) is 4.40 Å². The Morgan fingerprint density at radius 3 is 1.88 bits per heavy atom. The van der Waals surface area contributed by atoms with Crippen molar-refractivity contribution in [3.05, 3.63) is 128 Å². The van der Waals surface area contributed by atoms with Crippen LogP contribution in [0.3, 0.4) is 0 Å². The molecule has 5 rings (SSSR count). The predicted octanol–water partition coefficient (Wildman–Crippen LogP) is 9.68. The number of rotatable bonds is 7. The van der Waals surface area contributed by atoms with Crippen LogP contribution in [0.2, 0.25) is 20.1 Å². The summed E-state index contributed by atoms with van der Waals surface area (Å²) in [7, 11) is 0. The summed E-state index contributed by atoms with van der Waals surface area (Å²) in [4.78, 5) is 26.6. The Morgan fingerprint density at radius 2 is 1.32 bits per heavy atom. The molecular weight excluding hydrogens is 602 g/mol. The zero-order valence-electron chi connectivity index (χ0n) is 22.2. The Labute approximate surface area is 258 Å². The third kappa shape index (κ3) is 6.55. The van der Waals surface area contributed by atoms with Crippen LogP contribution in [0.4, 0.5) is 5.69 Å². The highest BCUT2D eigenvalue weighted by atomic mass is 35.5. The molecule has 0 aliphatic heterocycles. The van der Waals surface area contributed by atoms with Gasteiger partial charge in [-0.05, 0) is 61.9 Å². The molecule has 0 fully saturated rings. The number of ketones is 1. The lowest BCUT2D eigenvalue weighted by molar-refractivity contribution is 0.0693. The summed E-state index contributed by atoms with van der Waals surface area (Å²) in [6.07, 6.45) is 4.23. The second-order valence-corrected chi connectivity index (χ2v) is 10.5. The van der Waals surface area contributed by atoms with Crippen LogP contribution >= 0.6 is 46.4 Å². The molecule has 0 amide bonds. The Morgan fingerprint density at radius 1 is 0.732 bits per heavy atom. The van der Waals surface area contributed by atoms with Gasteiger partial charge in [0, 0.05) is 47.8 Å². The fourth-order valence-corrected chi connectivity index (χ4v) is 5.47. The molecule has 0 spiro atoms. The lowest BCUT2D eigenvalue weighted by Gasteiger charge is -2.21. The zero-order chi connectivity index (χ0) is 29.7. The molecule has 2 heterocycles. The van der Waals surface area contributed by atoms with Gasteiger partial charge in [-0.1, -0.05) is 82.8 Å². The van der Waals surface area contributed by atoms with E-state index in [1.165, 1.54) is 16.6 Å². The van der Waals surface area contributed by atoms with E-state index in [1.807, 2.05) is 26.0 Å². The molecule has 210 valence electrons. The minimum absolute atomic E-state index is 0.161. The van der Waals surface area contributed by atoms with Gasteiger partial charge >= 0.3 is 5.97 Å². The number of aromatic carboxylic acids is 1. The molecule has 1 N–H and O–H groups in total. The molecular formula is C32H26Cl4N2O3. The Kier molecular flexibility index (Phi) is 10.0. The molecule has 0 saturated carbocycles. The van der Waals surface area contributed by atoms with Gasteiger partial charge in [-0.25, -0.2) is 4.79 Å². The highest BCUT2D eigenvalue weighted by Crippen LogP contribution is 2.42. The summed E-state index contributed by atoms with van der Waals surface area (Å²) in [6.45, 7) is 5.70.